The topological polar surface area (TPSA) is 64.4 Å². The zero-order valence-electron chi connectivity index (χ0n) is 4.43. The quantitative estimate of drug-likeness (QED) is 0.458. The minimum absolute atomic E-state index is 1.02. The number of nitrogens with one attached hydrogen (secondary N) is 1. The summed E-state index contributed by atoms with van der Waals surface area (Å²) >= 11 is 0. The van der Waals surface area contributed by atoms with Crippen molar-refractivity contribution in [2.24, 2.45) is 5.73 Å². The van der Waals surface area contributed by atoms with Gasteiger partial charge in [-0.2, -0.15) is 4.39 Å². The number of carbonyl (C=O) groups excluding carboxylic acids is 1. The van der Waals surface area contributed by atoms with Crippen LogP contribution in [0.5, 0.6) is 0 Å². The van der Waals surface area contributed by atoms with E-state index >= 15 is 0 Å². The first-order chi connectivity index (χ1) is 4.15. The third-order valence-corrected chi connectivity index (χ3v) is 0.884. The van der Waals surface area contributed by atoms with Crippen LogP contribution in [-0.2, 0) is 9.53 Å². The van der Waals surface area contributed by atoms with Crippen molar-refractivity contribution < 1.29 is 13.9 Å². The lowest BCUT2D eigenvalue weighted by molar-refractivity contribution is -0.159. The Bertz CT molecular complexity index is 160. The molecular formula is C4H5FN2O2. The fraction of sp³-hybridized carbons (Fsp3) is 0.250. The highest BCUT2D eigenvalue weighted by Crippen LogP contribution is 2.12. The highest BCUT2D eigenvalue weighted by atomic mass is 19.2. The normalized spacial score (nSPS) is 31.2. The van der Waals surface area contributed by atoms with Crippen LogP contribution in [-0.4, -0.2) is 11.9 Å². The summed E-state index contributed by atoms with van der Waals surface area (Å²) in [6.07, 6.45) is 2.18. The number of amides is 1. The number of hydrogen-bond acceptors (Lipinski definition) is 3. The lowest BCUT2D eigenvalue weighted by atomic mass is 10.5. The van der Waals surface area contributed by atoms with Gasteiger partial charge in [0.25, 0.3) is 0 Å². The van der Waals surface area contributed by atoms with Gasteiger partial charge >= 0.3 is 11.9 Å². The van der Waals surface area contributed by atoms with Crippen molar-refractivity contribution in [2.45, 2.75) is 5.98 Å². The van der Waals surface area contributed by atoms with Gasteiger partial charge in [0, 0.05) is 6.20 Å². The zero-order chi connectivity index (χ0) is 6.91. The second-order valence-corrected chi connectivity index (χ2v) is 1.52. The molecule has 0 saturated heterocycles. The van der Waals surface area contributed by atoms with E-state index in [0.717, 1.165) is 12.5 Å². The summed E-state index contributed by atoms with van der Waals surface area (Å²) in [6.45, 7) is 0. The first kappa shape index (κ1) is 5.87. The summed E-state index contributed by atoms with van der Waals surface area (Å²) in [4.78, 5) is 10.1. The molecular weight excluding hydrogens is 127 g/mol. The van der Waals surface area contributed by atoms with E-state index < -0.39 is 11.9 Å². The van der Waals surface area contributed by atoms with Crippen molar-refractivity contribution in [3.63, 3.8) is 0 Å². The summed E-state index contributed by atoms with van der Waals surface area (Å²) in [5.74, 6) is -3.72. The van der Waals surface area contributed by atoms with Crippen LogP contribution in [0.25, 0.3) is 0 Å². The molecule has 0 aromatic rings. The van der Waals surface area contributed by atoms with Crippen LogP contribution in [0.15, 0.2) is 12.5 Å². The molecule has 0 saturated carbocycles. The minimum Gasteiger partial charge on any atom is -0.440 e. The zero-order valence-corrected chi connectivity index (χ0v) is 4.43. The number of nitrogens with two attached hydrogens (primary N) is 1. The minimum atomic E-state index is -2.53. The van der Waals surface area contributed by atoms with Gasteiger partial charge in [-0.1, -0.05) is 0 Å². The molecule has 0 bridgehead atoms. The molecule has 0 aromatic carbocycles. The Morgan fingerprint density at radius 3 is 2.78 bits per heavy atom. The van der Waals surface area contributed by atoms with Crippen LogP contribution in [0.2, 0.25) is 0 Å². The molecule has 1 aliphatic rings. The molecule has 0 radical (unpaired) electrons. The van der Waals surface area contributed by atoms with Crippen molar-refractivity contribution >= 4 is 5.91 Å². The van der Waals surface area contributed by atoms with Gasteiger partial charge in [0.1, 0.15) is 6.26 Å². The highest BCUT2D eigenvalue weighted by Gasteiger charge is 2.39. The molecule has 0 fully saturated rings. The largest absolute Gasteiger partial charge is 0.440 e. The maximum absolute atomic E-state index is 12.6. The Hall–Kier alpha value is -1.26. The van der Waals surface area contributed by atoms with Gasteiger partial charge in [-0.15, -0.1) is 0 Å². The van der Waals surface area contributed by atoms with E-state index in [-0.39, 0.29) is 0 Å². The fourth-order valence-electron chi connectivity index (χ4n) is 0.432. The van der Waals surface area contributed by atoms with Crippen LogP contribution in [0, 0.1) is 0 Å². The van der Waals surface area contributed by atoms with E-state index in [1.54, 1.807) is 0 Å². The van der Waals surface area contributed by atoms with E-state index in [1.807, 2.05) is 5.32 Å². The molecule has 0 spiro atoms. The molecule has 50 valence electrons. The third-order valence-electron chi connectivity index (χ3n) is 0.884. The molecule has 0 aromatic heterocycles. The lowest BCUT2D eigenvalue weighted by Crippen LogP contribution is -2.48. The predicted octanol–water partition coefficient (Wildman–Crippen LogP) is -0.814. The summed E-state index contributed by atoms with van der Waals surface area (Å²) in [7, 11) is 0. The SMILES string of the molecule is NC(=O)C1(F)NC=CO1. The summed E-state index contributed by atoms with van der Waals surface area (Å²) in [5, 5.41) is 1.99. The van der Waals surface area contributed by atoms with E-state index in [4.69, 9.17) is 0 Å². The van der Waals surface area contributed by atoms with Gasteiger partial charge in [-0.05, 0) is 0 Å². The van der Waals surface area contributed by atoms with Crippen molar-refractivity contribution in [2.75, 3.05) is 0 Å². The number of rotatable bonds is 1. The number of hydrogen-bond donors (Lipinski definition) is 2. The van der Waals surface area contributed by atoms with Gasteiger partial charge < -0.3 is 15.8 Å². The van der Waals surface area contributed by atoms with Crippen LogP contribution in [0.4, 0.5) is 4.39 Å². The van der Waals surface area contributed by atoms with E-state index in [9.17, 15) is 9.18 Å². The Morgan fingerprint density at radius 1 is 1.89 bits per heavy atom. The molecule has 0 aliphatic carbocycles. The third kappa shape index (κ3) is 0.802. The smallest absolute Gasteiger partial charge is 0.410 e. The van der Waals surface area contributed by atoms with Crippen LogP contribution in [0.1, 0.15) is 0 Å². The van der Waals surface area contributed by atoms with Gasteiger partial charge in [-0.25, -0.2) is 0 Å². The molecule has 9 heavy (non-hydrogen) atoms. The molecule has 1 amide bonds. The Balaban J connectivity index is 2.66. The number of primary amides is 1. The Labute approximate surface area is 50.5 Å². The molecule has 5 heteroatoms. The van der Waals surface area contributed by atoms with Crippen molar-refractivity contribution in [3.8, 4) is 0 Å². The number of halogens is 1. The summed E-state index contributed by atoms with van der Waals surface area (Å²) in [5.41, 5.74) is 4.59. The van der Waals surface area contributed by atoms with Crippen LogP contribution < -0.4 is 11.1 Å². The van der Waals surface area contributed by atoms with Gasteiger partial charge in [0.05, 0.1) is 0 Å². The van der Waals surface area contributed by atoms with Gasteiger partial charge in [-0.3, -0.25) is 4.79 Å². The fourth-order valence-corrected chi connectivity index (χ4v) is 0.432. The average molecular weight is 132 g/mol. The van der Waals surface area contributed by atoms with Crippen molar-refractivity contribution in [3.05, 3.63) is 12.5 Å². The highest BCUT2D eigenvalue weighted by molar-refractivity contribution is 5.81. The molecule has 4 nitrogen and oxygen atoms in total. The maximum atomic E-state index is 12.6. The van der Waals surface area contributed by atoms with Gasteiger partial charge in [0.2, 0.25) is 0 Å². The molecule has 3 N–H and O–H groups in total. The van der Waals surface area contributed by atoms with Crippen LogP contribution >= 0.6 is 0 Å². The standard InChI is InChI=1S/C4H5FN2O2/c5-4(3(6)8)7-1-2-9-4/h1-2,7H,(H2,6,8). The van der Waals surface area contributed by atoms with Crippen molar-refractivity contribution in [1.29, 1.82) is 0 Å². The van der Waals surface area contributed by atoms with Crippen LogP contribution in [0.3, 0.4) is 0 Å². The summed E-state index contributed by atoms with van der Waals surface area (Å²) < 4.78 is 16.7. The van der Waals surface area contributed by atoms with E-state index in [0.29, 0.717) is 0 Å². The van der Waals surface area contributed by atoms with E-state index in [2.05, 4.69) is 10.5 Å². The molecule has 1 aliphatic heterocycles. The lowest BCUT2D eigenvalue weighted by Gasteiger charge is -2.13. The van der Waals surface area contributed by atoms with Gasteiger partial charge in [0.15, 0.2) is 0 Å². The summed E-state index contributed by atoms with van der Waals surface area (Å²) in [6, 6.07) is 0. The predicted molar refractivity (Wildman–Crippen MR) is 26.4 cm³/mol. The molecule has 1 unspecified atom stereocenters. The first-order valence-electron chi connectivity index (χ1n) is 2.24. The van der Waals surface area contributed by atoms with E-state index in [1.165, 1.54) is 0 Å². The second kappa shape index (κ2) is 1.61. The average Bonchev–Trinajstić information content (AvgIpc) is 2.16. The number of ether oxygens (including phenoxy) is 1. The number of alkyl halides is 1. The molecule has 1 atom stereocenters. The molecule has 1 heterocycles. The first-order valence-corrected chi connectivity index (χ1v) is 2.24. The number of carbonyl (C=O) groups is 1. The second-order valence-electron chi connectivity index (χ2n) is 1.52. The Kier molecular flexibility index (Phi) is 1.05. The monoisotopic (exact) mass is 132 g/mol. The molecule has 1 rings (SSSR count). The van der Waals surface area contributed by atoms with Crippen molar-refractivity contribution in [1.82, 2.24) is 5.32 Å². The maximum Gasteiger partial charge on any atom is 0.410 e. The Morgan fingerprint density at radius 2 is 2.56 bits per heavy atom.